The molecule has 0 aromatic heterocycles. The van der Waals surface area contributed by atoms with Crippen LogP contribution < -0.4 is 0 Å². The molecule has 0 aliphatic carbocycles. The van der Waals surface area contributed by atoms with Gasteiger partial charge in [0, 0.05) is 11.2 Å². The van der Waals surface area contributed by atoms with Crippen LogP contribution in [-0.4, -0.2) is 17.8 Å². The van der Waals surface area contributed by atoms with E-state index in [4.69, 9.17) is 9.31 Å². The third-order valence-electron chi connectivity index (χ3n) is 3.16. The predicted molar refractivity (Wildman–Crippen MR) is 61.7 cm³/mol. The zero-order valence-corrected chi connectivity index (χ0v) is 10.5. The summed E-state index contributed by atoms with van der Waals surface area (Å²) in [5, 5.41) is 0. The minimum atomic E-state index is -1.06. The van der Waals surface area contributed by atoms with Gasteiger partial charge in [0.25, 0.3) is 0 Å². The van der Waals surface area contributed by atoms with Crippen molar-refractivity contribution >= 4 is 6.55 Å². The lowest BCUT2D eigenvalue weighted by Gasteiger charge is -2.59. The van der Waals surface area contributed by atoms with Crippen LogP contribution in [0.2, 0.25) is 12.6 Å². The average molecular weight is 199 g/mol. The van der Waals surface area contributed by atoms with E-state index in [0.717, 1.165) is 19.1 Å². The first-order chi connectivity index (χ1) is 6.24. The van der Waals surface area contributed by atoms with Gasteiger partial charge < -0.3 is 9.31 Å². The molecule has 0 aromatic carbocycles. The third kappa shape index (κ3) is 2.51. The molecule has 0 saturated carbocycles. The second-order valence-corrected chi connectivity index (χ2v) is 5.80. The van der Waals surface area contributed by atoms with Crippen LogP contribution >= 0.6 is 0 Å². The third-order valence-corrected chi connectivity index (χ3v) is 3.16. The molecular formula is C11H24BO2-. The van der Waals surface area contributed by atoms with Crippen molar-refractivity contribution in [2.75, 3.05) is 0 Å². The van der Waals surface area contributed by atoms with Gasteiger partial charge >= 0.3 is 0 Å². The van der Waals surface area contributed by atoms with Crippen molar-refractivity contribution in [3.8, 4) is 0 Å². The quantitative estimate of drug-likeness (QED) is 0.634. The van der Waals surface area contributed by atoms with Crippen molar-refractivity contribution < 1.29 is 9.31 Å². The van der Waals surface area contributed by atoms with Crippen molar-refractivity contribution in [1.82, 2.24) is 0 Å². The Morgan fingerprint density at radius 2 is 1.29 bits per heavy atom. The molecule has 0 amide bonds. The van der Waals surface area contributed by atoms with Crippen molar-refractivity contribution in [3.63, 3.8) is 0 Å². The van der Waals surface area contributed by atoms with E-state index in [1.54, 1.807) is 0 Å². The van der Waals surface area contributed by atoms with Gasteiger partial charge in [-0.2, -0.15) is 0 Å². The molecule has 14 heavy (non-hydrogen) atoms. The van der Waals surface area contributed by atoms with Crippen LogP contribution in [0.3, 0.4) is 0 Å². The Balaban J connectivity index is 2.90. The molecule has 1 saturated heterocycles. The molecule has 1 rings (SSSR count). The summed E-state index contributed by atoms with van der Waals surface area (Å²) in [6, 6.07) is 0. The first-order valence-electron chi connectivity index (χ1n) is 5.82. The van der Waals surface area contributed by atoms with Crippen LogP contribution in [0.4, 0.5) is 0 Å². The molecule has 84 valence electrons. The summed E-state index contributed by atoms with van der Waals surface area (Å²) < 4.78 is 12.3. The zero-order chi connectivity index (χ0) is 11.0. The Morgan fingerprint density at radius 1 is 0.929 bits per heavy atom. The topological polar surface area (TPSA) is 18.5 Å². The summed E-state index contributed by atoms with van der Waals surface area (Å²) in [6.07, 6.45) is 2.91. The molecule has 0 radical (unpaired) electrons. The molecule has 1 aliphatic heterocycles. The summed E-state index contributed by atoms with van der Waals surface area (Å²) in [4.78, 5) is 0. The first-order valence-corrected chi connectivity index (χ1v) is 5.82. The standard InChI is InChI=1S/C11H24BO2/c1-7-12(8-2)13-10(3,4)9-11(5,6)14-12/h7-9H2,1-6H3/q-1. The van der Waals surface area contributed by atoms with Crippen LogP contribution in [0.1, 0.15) is 48.0 Å². The van der Waals surface area contributed by atoms with Crippen LogP contribution in [0.5, 0.6) is 0 Å². The van der Waals surface area contributed by atoms with Crippen LogP contribution in [-0.2, 0) is 9.31 Å². The normalized spacial score (nSPS) is 28.7. The molecule has 0 unspecified atom stereocenters. The van der Waals surface area contributed by atoms with Gasteiger partial charge in [-0.15, -0.1) is 12.6 Å². The van der Waals surface area contributed by atoms with E-state index in [9.17, 15) is 0 Å². The molecule has 0 aromatic rings. The molecule has 1 heterocycles. The van der Waals surface area contributed by atoms with Gasteiger partial charge in [0.15, 0.2) is 0 Å². The summed E-state index contributed by atoms with van der Waals surface area (Å²) in [6.45, 7) is 11.9. The molecular weight excluding hydrogens is 175 g/mol. The maximum Gasteiger partial charge on any atom is 0.240 e. The number of hydrogen-bond acceptors (Lipinski definition) is 2. The van der Waals surface area contributed by atoms with Crippen molar-refractivity contribution in [2.24, 2.45) is 0 Å². The fraction of sp³-hybridized carbons (Fsp3) is 1.00. The van der Waals surface area contributed by atoms with Crippen LogP contribution in [0.15, 0.2) is 0 Å². The zero-order valence-electron chi connectivity index (χ0n) is 10.5. The fourth-order valence-electron chi connectivity index (χ4n) is 2.92. The Kier molecular flexibility index (Phi) is 3.04. The van der Waals surface area contributed by atoms with E-state index in [2.05, 4.69) is 41.5 Å². The largest absolute Gasteiger partial charge is 0.563 e. The van der Waals surface area contributed by atoms with Crippen molar-refractivity contribution in [3.05, 3.63) is 0 Å². The van der Waals surface area contributed by atoms with Crippen molar-refractivity contribution in [2.45, 2.75) is 71.8 Å². The maximum atomic E-state index is 6.14. The second-order valence-electron chi connectivity index (χ2n) is 5.80. The van der Waals surface area contributed by atoms with Crippen LogP contribution in [0, 0.1) is 0 Å². The lowest BCUT2D eigenvalue weighted by Crippen LogP contribution is -2.59. The molecule has 2 nitrogen and oxygen atoms in total. The van der Waals surface area contributed by atoms with Gasteiger partial charge in [-0.25, -0.2) is 0 Å². The van der Waals surface area contributed by atoms with E-state index in [0.29, 0.717) is 0 Å². The SMILES string of the molecule is CC[B-]1(CC)OC(C)(C)CC(C)(C)O1. The van der Waals surface area contributed by atoms with Gasteiger partial charge in [0.2, 0.25) is 6.55 Å². The Morgan fingerprint density at radius 3 is 1.57 bits per heavy atom. The minimum Gasteiger partial charge on any atom is -0.563 e. The van der Waals surface area contributed by atoms with Gasteiger partial charge in [-0.3, -0.25) is 0 Å². The second kappa shape index (κ2) is 3.53. The molecule has 0 atom stereocenters. The highest BCUT2D eigenvalue weighted by atomic mass is 16.6. The minimum absolute atomic E-state index is 0.0478. The summed E-state index contributed by atoms with van der Waals surface area (Å²) in [5.41, 5.74) is -0.0957. The van der Waals surface area contributed by atoms with E-state index in [1.807, 2.05) is 0 Å². The maximum absolute atomic E-state index is 6.14. The summed E-state index contributed by atoms with van der Waals surface area (Å²) in [5.74, 6) is 0. The number of rotatable bonds is 2. The molecule has 0 bridgehead atoms. The Bertz CT molecular complexity index is 189. The molecule has 0 N–H and O–H groups in total. The Hall–Kier alpha value is -0.0151. The highest BCUT2D eigenvalue weighted by molar-refractivity contribution is 6.67. The predicted octanol–water partition coefficient (Wildman–Crippen LogP) is 3.46. The lowest BCUT2D eigenvalue weighted by molar-refractivity contribution is -0.0910. The molecule has 0 spiro atoms. The first kappa shape index (κ1) is 12.1. The lowest BCUT2D eigenvalue weighted by atomic mass is 9.50. The van der Waals surface area contributed by atoms with Crippen LogP contribution in [0.25, 0.3) is 0 Å². The highest BCUT2D eigenvalue weighted by Gasteiger charge is 2.42. The Labute approximate surface area is 88.3 Å². The summed E-state index contributed by atoms with van der Waals surface area (Å²) >= 11 is 0. The molecule has 1 aliphatic rings. The van der Waals surface area contributed by atoms with E-state index < -0.39 is 6.55 Å². The van der Waals surface area contributed by atoms with Gasteiger partial charge in [-0.05, 0) is 34.1 Å². The van der Waals surface area contributed by atoms with Gasteiger partial charge in [0.1, 0.15) is 0 Å². The highest BCUT2D eigenvalue weighted by Crippen LogP contribution is 2.40. The van der Waals surface area contributed by atoms with Gasteiger partial charge in [-0.1, -0.05) is 13.8 Å². The van der Waals surface area contributed by atoms with E-state index >= 15 is 0 Å². The smallest absolute Gasteiger partial charge is 0.240 e. The average Bonchev–Trinajstić information content (AvgIpc) is 1.98. The molecule has 3 heteroatoms. The monoisotopic (exact) mass is 199 g/mol. The fourth-order valence-corrected chi connectivity index (χ4v) is 2.92. The van der Waals surface area contributed by atoms with E-state index in [-0.39, 0.29) is 11.2 Å². The van der Waals surface area contributed by atoms with Gasteiger partial charge in [0.05, 0.1) is 0 Å². The van der Waals surface area contributed by atoms with E-state index in [1.165, 1.54) is 0 Å². The summed E-state index contributed by atoms with van der Waals surface area (Å²) in [7, 11) is 0. The number of hydrogen-bond donors (Lipinski definition) is 0. The molecule has 1 fully saturated rings. The van der Waals surface area contributed by atoms with Crippen molar-refractivity contribution in [1.29, 1.82) is 0 Å².